The number of hydrogen-bond donors (Lipinski definition) is 14. The molecule has 0 aliphatic carbocycles. The third kappa shape index (κ3) is 20.7. The SMILES string of the molecule is CC[C@H](C)[C@H](N)C(=O)N[C@@H](CC(C)C)C(=O)N[C@@H](CO)C(=O)N[C@H](C(=O)N[C@@H](Cc1ccccc1)C(=O)N[C@@H](CCCN=C(N)N)C(=O)N[C@H](C(=O)N[C@H](C(=O)O)[C@@H](C)O)[C@@H](C)O)[C@@H](C)CC. The van der Waals surface area contributed by atoms with Crippen molar-refractivity contribution in [3.05, 3.63) is 35.9 Å². The Bertz CT molecular complexity index is 1810. The third-order valence-corrected chi connectivity index (χ3v) is 11.1. The second-order valence-corrected chi connectivity index (χ2v) is 17.3. The fourth-order valence-electron chi connectivity index (χ4n) is 6.56. The zero-order chi connectivity index (χ0) is 51.1. The summed E-state index contributed by atoms with van der Waals surface area (Å²) >= 11 is 0. The number of carbonyl (C=O) groups is 8. The lowest BCUT2D eigenvalue weighted by atomic mass is 9.96. The maximum Gasteiger partial charge on any atom is 0.328 e. The fourth-order valence-corrected chi connectivity index (χ4v) is 6.56. The summed E-state index contributed by atoms with van der Waals surface area (Å²) in [7, 11) is 0. The van der Waals surface area contributed by atoms with Gasteiger partial charge in [-0.15, -0.1) is 0 Å². The van der Waals surface area contributed by atoms with Crippen molar-refractivity contribution < 1.29 is 58.8 Å². The normalized spacial score (nSPS) is 16.6. The number of hydrogen-bond acceptors (Lipinski definition) is 13. The highest BCUT2D eigenvalue weighted by Gasteiger charge is 2.37. The second kappa shape index (κ2) is 29.7. The summed E-state index contributed by atoms with van der Waals surface area (Å²) < 4.78 is 0. The van der Waals surface area contributed by atoms with Crippen molar-refractivity contribution in [1.29, 1.82) is 0 Å². The van der Waals surface area contributed by atoms with Gasteiger partial charge in [0, 0.05) is 13.0 Å². The first-order valence-corrected chi connectivity index (χ1v) is 22.6. The molecule has 0 aromatic heterocycles. The Morgan fingerprint density at radius 3 is 1.57 bits per heavy atom. The minimum Gasteiger partial charge on any atom is -0.480 e. The number of aliphatic carboxylic acids is 1. The van der Waals surface area contributed by atoms with Crippen molar-refractivity contribution >= 4 is 53.3 Å². The van der Waals surface area contributed by atoms with Crippen LogP contribution in [0.5, 0.6) is 0 Å². The zero-order valence-electron chi connectivity index (χ0n) is 39.8. The molecule has 0 radical (unpaired) electrons. The Morgan fingerprint density at radius 1 is 0.597 bits per heavy atom. The van der Waals surface area contributed by atoms with Gasteiger partial charge in [-0.25, -0.2) is 4.79 Å². The maximum absolute atomic E-state index is 14.3. The van der Waals surface area contributed by atoms with Crippen molar-refractivity contribution in [2.75, 3.05) is 13.2 Å². The number of aliphatic hydroxyl groups is 3. The summed E-state index contributed by atoms with van der Waals surface area (Å²) in [6.45, 7) is 12.1. The number of benzene rings is 1. The van der Waals surface area contributed by atoms with E-state index in [1.165, 1.54) is 0 Å². The molecule has 12 atom stereocenters. The molecule has 1 aromatic rings. The molecule has 0 aliphatic heterocycles. The molecule has 0 fully saturated rings. The van der Waals surface area contributed by atoms with E-state index >= 15 is 0 Å². The van der Waals surface area contributed by atoms with E-state index in [0.717, 1.165) is 13.8 Å². The van der Waals surface area contributed by atoms with Crippen LogP contribution in [0.1, 0.15) is 93.1 Å². The predicted molar refractivity (Wildman–Crippen MR) is 248 cm³/mol. The molecule has 17 N–H and O–H groups in total. The van der Waals surface area contributed by atoms with E-state index in [0.29, 0.717) is 18.4 Å². The molecule has 7 amide bonds. The molecule has 0 unspecified atom stereocenters. The highest BCUT2D eigenvalue weighted by Crippen LogP contribution is 2.13. The summed E-state index contributed by atoms with van der Waals surface area (Å²) in [5.74, 6) is -8.81. The van der Waals surface area contributed by atoms with E-state index in [1.54, 1.807) is 51.1 Å². The highest BCUT2D eigenvalue weighted by molar-refractivity contribution is 5.98. The molecule has 1 aromatic carbocycles. The molecular weight excluding hydrogens is 875 g/mol. The van der Waals surface area contributed by atoms with Gasteiger partial charge >= 0.3 is 5.97 Å². The first-order valence-electron chi connectivity index (χ1n) is 22.6. The molecule has 0 saturated heterocycles. The number of aliphatic imine (C=N–C) groups is 1. The molecule has 0 aliphatic rings. The summed E-state index contributed by atoms with van der Waals surface area (Å²) in [5, 5.41) is 57.4. The van der Waals surface area contributed by atoms with E-state index < -0.39 is 120 Å². The molecule has 1 rings (SSSR count). The third-order valence-electron chi connectivity index (χ3n) is 11.1. The lowest BCUT2D eigenvalue weighted by Crippen LogP contribution is -2.62. The predicted octanol–water partition coefficient (Wildman–Crippen LogP) is -3.02. The maximum atomic E-state index is 14.3. The van der Waals surface area contributed by atoms with Gasteiger partial charge in [-0.05, 0) is 56.4 Å². The van der Waals surface area contributed by atoms with Crippen LogP contribution in [0.25, 0.3) is 0 Å². The van der Waals surface area contributed by atoms with Gasteiger partial charge in [-0.1, -0.05) is 84.7 Å². The van der Waals surface area contributed by atoms with Crippen LogP contribution in [0, 0.1) is 17.8 Å². The van der Waals surface area contributed by atoms with Gasteiger partial charge in [0.25, 0.3) is 0 Å². The highest BCUT2D eigenvalue weighted by atomic mass is 16.4. The van der Waals surface area contributed by atoms with Gasteiger partial charge in [0.15, 0.2) is 12.0 Å². The molecule has 378 valence electrons. The Labute approximate surface area is 392 Å². The molecule has 23 heteroatoms. The molecule has 0 bridgehead atoms. The van der Waals surface area contributed by atoms with Gasteiger partial charge in [-0.2, -0.15) is 0 Å². The summed E-state index contributed by atoms with van der Waals surface area (Å²) in [4.78, 5) is 111. The van der Waals surface area contributed by atoms with E-state index in [4.69, 9.17) is 17.2 Å². The van der Waals surface area contributed by atoms with Crippen LogP contribution in [0.4, 0.5) is 0 Å². The second-order valence-electron chi connectivity index (χ2n) is 17.3. The van der Waals surface area contributed by atoms with Crippen molar-refractivity contribution in [3.63, 3.8) is 0 Å². The Morgan fingerprint density at radius 2 is 1.06 bits per heavy atom. The monoisotopic (exact) mass is 950 g/mol. The number of nitrogens with two attached hydrogens (primary N) is 3. The molecule has 0 spiro atoms. The first kappa shape index (κ1) is 59.1. The van der Waals surface area contributed by atoms with Crippen molar-refractivity contribution in [1.82, 2.24) is 37.2 Å². The van der Waals surface area contributed by atoms with E-state index in [1.807, 2.05) is 20.8 Å². The summed E-state index contributed by atoms with van der Waals surface area (Å²) in [5.41, 5.74) is 17.6. The Hall–Kier alpha value is -5.91. The van der Waals surface area contributed by atoms with Crippen LogP contribution < -0.4 is 54.4 Å². The van der Waals surface area contributed by atoms with Gasteiger partial charge in [0.2, 0.25) is 41.4 Å². The topological polar surface area (TPSA) is 392 Å². The first-order chi connectivity index (χ1) is 31.4. The molecule has 67 heavy (non-hydrogen) atoms. The molecule has 23 nitrogen and oxygen atoms in total. The molecule has 0 saturated carbocycles. The van der Waals surface area contributed by atoms with Crippen LogP contribution in [0.15, 0.2) is 35.3 Å². The number of guanidine groups is 1. The van der Waals surface area contributed by atoms with E-state index in [2.05, 4.69) is 42.2 Å². The number of carboxylic acids is 1. The van der Waals surface area contributed by atoms with E-state index in [-0.39, 0.29) is 50.0 Å². The van der Waals surface area contributed by atoms with Crippen molar-refractivity contribution in [2.45, 2.75) is 154 Å². The number of amides is 7. The summed E-state index contributed by atoms with van der Waals surface area (Å²) in [6.07, 6.45) is -2.19. The standard InChI is InChI=1S/C44H75N11O12/c1-9-23(5)32(45)40(63)50-29(19-22(3)4)37(60)52-31(21-56)39(62)53-33(24(6)10-2)41(64)51-30(20-27-15-12-11-13-16-27)38(61)49-28(17-14-18-48-44(46)47)36(59)54-34(25(7)57)42(65)55-35(26(8)58)43(66)67/h11-13,15-16,22-26,28-35,56-58H,9-10,14,17-21,45H2,1-8H3,(H,49,61)(H,50,63)(H,51,64)(H,52,60)(H,53,62)(H,54,59)(H,55,65)(H,66,67)(H4,46,47,48)/t23-,24-,25+,26+,28-,29-,30-,31-,32-,33-,34-,35-/m0/s1. The van der Waals surface area contributed by atoms with E-state index in [9.17, 15) is 58.8 Å². The van der Waals surface area contributed by atoms with Crippen LogP contribution in [0.2, 0.25) is 0 Å². The average Bonchev–Trinajstić information content (AvgIpc) is 3.27. The number of nitrogens with one attached hydrogen (secondary N) is 7. The smallest absolute Gasteiger partial charge is 0.328 e. The Kier molecular flexibility index (Phi) is 26.2. The average molecular weight is 950 g/mol. The minimum atomic E-state index is -1.79. The zero-order valence-corrected chi connectivity index (χ0v) is 39.8. The van der Waals surface area contributed by atoms with Gasteiger partial charge in [0.05, 0.1) is 24.9 Å². The quantitative estimate of drug-likeness (QED) is 0.0207. The molecular formula is C44H75N11O12. The van der Waals surface area contributed by atoms with Gasteiger partial charge in [0.1, 0.15) is 36.3 Å². The van der Waals surface area contributed by atoms with Crippen LogP contribution >= 0.6 is 0 Å². The fraction of sp³-hybridized carbons (Fsp3) is 0.659. The van der Waals surface area contributed by atoms with Crippen LogP contribution in [-0.2, 0) is 44.8 Å². The molecule has 0 heterocycles. The number of aliphatic hydroxyl groups excluding tert-OH is 3. The van der Waals surface area contributed by atoms with Gasteiger partial charge < -0.3 is 74.8 Å². The Balaban J connectivity index is 3.52. The number of nitrogens with zero attached hydrogens (tertiary/aromatic N) is 1. The summed E-state index contributed by atoms with van der Waals surface area (Å²) in [6, 6.07) is -2.86. The van der Waals surface area contributed by atoms with Crippen molar-refractivity contribution in [3.8, 4) is 0 Å². The number of rotatable bonds is 30. The lowest BCUT2D eigenvalue weighted by molar-refractivity contribution is -0.146. The number of carbonyl (C=O) groups excluding carboxylic acids is 7. The number of carboxylic acid groups (broad SMARTS) is 1. The van der Waals surface area contributed by atoms with Crippen molar-refractivity contribution in [2.24, 2.45) is 39.9 Å². The largest absolute Gasteiger partial charge is 0.480 e. The van der Waals surface area contributed by atoms with Crippen LogP contribution in [0.3, 0.4) is 0 Å². The lowest BCUT2D eigenvalue weighted by Gasteiger charge is -2.30. The minimum absolute atomic E-state index is 0.00610. The van der Waals surface area contributed by atoms with Crippen LogP contribution in [-0.4, -0.2) is 147 Å². The van der Waals surface area contributed by atoms with Gasteiger partial charge in [-0.3, -0.25) is 38.6 Å².